The Hall–Kier alpha value is -0.580. The van der Waals surface area contributed by atoms with E-state index >= 15 is 0 Å². The highest BCUT2D eigenvalue weighted by Gasteiger charge is 2.23. The van der Waals surface area contributed by atoms with E-state index in [1.54, 1.807) is 12.1 Å². The molecule has 1 aromatic rings. The fourth-order valence-corrected chi connectivity index (χ4v) is 1.83. The van der Waals surface area contributed by atoms with Gasteiger partial charge in [-0.2, -0.15) is 0 Å². The van der Waals surface area contributed by atoms with Crippen LogP contribution in [0, 0.1) is 5.41 Å². The second kappa shape index (κ2) is 6.04. The molecule has 0 saturated heterocycles. The maximum atomic E-state index is 11.9. The molecular formula is C13H18BrClN2O. The fraction of sp³-hybridized carbons (Fsp3) is 0.462. The molecule has 0 aliphatic carbocycles. The zero-order valence-corrected chi connectivity index (χ0v) is 13.1. The summed E-state index contributed by atoms with van der Waals surface area (Å²) >= 11 is 9.33. The van der Waals surface area contributed by atoms with Crippen LogP contribution in [0.25, 0.3) is 0 Å². The summed E-state index contributed by atoms with van der Waals surface area (Å²) in [5.74, 6) is -0.127. The van der Waals surface area contributed by atoms with Crippen LogP contribution in [0.15, 0.2) is 22.7 Å². The molecule has 0 bridgehead atoms. The van der Waals surface area contributed by atoms with E-state index in [-0.39, 0.29) is 23.8 Å². The van der Waals surface area contributed by atoms with E-state index < -0.39 is 0 Å². The number of hydrogen-bond donors (Lipinski definition) is 2. The molecule has 0 fully saturated rings. The summed E-state index contributed by atoms with van der Waals surface area (Å²) in [5, 5.41) is 3.28. The van der Waals surface area contributed by atoms with Gasteiger partial charge < -0.3 is 11.1 Å². The quantitative estimate of drug-likeness (QED) is 0.884. The van der Waals surface area contributed by atoms with E-state index in [2.05, 4.69) is 21.2 Å². The van der Waals surface area contributed by atoms with E-state index in [1.807, 2.05) is 26.8 Å². The topological polar surface area (TPSA) is 55.1 Å². The molecule has 0 radical (unpaired) electrons. The number of carbonyl (C=O) groups is 1. The summed E-state index contributed by atoms with van der Waals surface area (Å²) in [6, 6.07) is 5.12. The standard InChI is InChI=1S/C13H18BrClN2O/c1-13(2,3)11(16)7-12(18)17-10-6-8(14)4-5-9(10)15/h4-6,11H,7,16H2,1-3H3,(H,17,18). The van der Waals surface area contributed by atoms with Gasteiger partial charge in [-0.1, -0.05) is 48.3 Å². The van der Waals surface area contributed by atoms with Gasteiger partial charge in [0.25, 0.3) is 0 Å². The van der Waals surface area contributed by atoms with Crippen molar-refractivity contribution in [3.05, 3.63) is 27.7 Å². The molecule has 100 valence electrons. The van der Waals surface area contributed by atoms with Gasteiger partial charge in [-0.25, -0.2) is 0 Å². The van der Waals surface area contributed by atoms with Crippen LogP contribution in [0.3, 0.4) is 0 Å². The second-order valence-corrected chi connectivity index (χ2v) is 6.67. The van der Waals surface area contributed by atoms with Crippen molar-refractivity contribution < 1.29 is 4.79 Å². The molecule has 0 spiro atoms. The Bertz CT molecular complexity index is 443. The Morgan fingerprint density at radius 2 is 2.11 bits per heavy atom. The number of halogens is 2. The lowest BCUT2D eigenvalue weighted by Crippen LogP contribution is -2.38. The van der Waals surface area contributed by atoms with Crippen molar-refractivity contribution in [1.29, 1.82) is 0 Å². The number of carbonyl (C=O) groups excluding carboxylic acids is 1. The molecule has 1 atom stereocenters. The Kier molecular flexibility index (Phi) is 5.20. The molecule has 1 unspecified atom stereocenters. The number of rotatable bonds is 3. The normalized spacial score (nSPS) is 13.2. The summed E-state index contributed by atoms with van der Waals surface area (Å²) in [5.41, 5.74) is 6.47. The van der Waals surface area contributed by atoms with Gasteiger partial charge in [0.15, 0.2) is 0 Å². The monoisotopic (exact) mass is 332 g/mol. The SMILES string of the molecule is CC(C)(C)C(N)CC(=O)Nc1cc(Br)ccc1Cl. The third kappa shape index (κ3) is 4.59. The number of nitrogens with one attached hydrogen (secondary N) is 1. The van der Waals surface area contributed by atoms with E-state index in [4.69, 9.17) is 17.3 Å². The molecule has 3 N–H and O–H groups in total. The molecule has 1 rings (SSSR count). The maximum Gasteiger partial charge on any atom is 0.225 e. The fourth-order valence-electron chi connectivity index (χ4n) is 1.30. The molecule has 0 aliphatic heterocycles. The van der Waals surface area contributed by atoms with Gasteiger partial charge in [-0.05, 0) is 23.6 Å². The molecule has 1 aromatic carbocycles. The molecule has 0 saturated carbocycles. The second-order valence-electron chi connectivity index (χ2n) is 5.35. The third-order valence-corrected chi connectivity index (χ3v) is 3.54. The van der Waals surface area contributed by atoms with E-state index in [0.29, 0.717) is 10.7 Å². The number of amides is 1. The summed E-state index contributed by atoms with van der Waals surface area (Å²) < 4.78 is 0.863. The molecule has 0 aromatic heterocycles. The first-order chi connectivity index (χ1) is 8.20. The van der Waals surface area contributed by atoms with Crippen molar-refractivity contribution in [2.24, 2.45) is 11.1 Å². The van der Waals surface area contributed by atoms with Crippen molar-refractivity contribution in [1.82, 2.24) is 0 Å². The predicted molar refractivity (Wildman–Crippen MR) is 79.8 cm³/mol. The van der Waals surface area contributed by atoms with Crippen LogP contribution in [0.5, 0.6) is 0 Å². The smallest absolute Gasteiger partial charge is 0.225 e. The van der Waals surface area contributed by atoms with E-state index in [0.717, 1.165) is 4.47 Å². The average Bonchev–Trinajstić information content (AvgIpc) is 2.22. The highest BCUT2D eigenvalue weighted by molar-refractivity contribution is 9.10. The average molecular weight is 334 g/mol. The highest BCUT2D eigenvalue weighted by atomic mass is 79.9. The van der Waals surface area contributed by atoms with Gasteiger partial charge in [0.2, 0.25) is 5.91 Å². The lowest BCUT2D eigenvalue weighted by Gasteiger charge is -2.26. The van der Waals surface area contributed by atoms with Gasteiger partial charge in [0.1, 0.15) is 0 Å². The number of benzene rings is 1. The van der Waals surface area contributed by atoms with Gasteiger partial charge in [-0.15, -0.1) is 0 Å². The van der Waals surface area contributed by atoms with Crippen molar-refractivity contribution >= 4 is 39.1 Å². The molecular weight excluding hydrogens is 316 g/mol. The molecule has 0 heterocycles. The van der Waals surface area contributed by atoms with Gasteiger partial charge in [0.05, 0.1) is 10.7 Å². The summed E-state index contributed by atoms with van der Waals surface area (Å²) in [6.07, 6.45) is 0.270. The van der Waals surface area contributed by atoms with Crippen LogP contribution in [-0.2, 0) is 4.79 Å². The largest absolute Gasteiger partial charge is 0.327 e. The van der Waals surface area contributed by atoms with Crippen LogP contribution in [-0.4, -0.2) is 11.9 Å². The minimum Gasteiger partial charge on any atom is -0.327 e. The number of hydrogen-bond acceptors (Lipinski definition) is 2. The van der Waals surface area contributed by atoms with Crippen LogP contribution >= 0.6 is 27.5 Å². The van der Waals surface area contributed by atoms with Gasteiger partial charge in [0, 0.05) is 16.9 Å². The Labute approximate surface area is 121 Å². The highest BCUT2D eigenvalue weighted by Crippen LogP contribution is 2.26. The zero-order chi connectivity index (χ0) is 13.9. The molecule has 1 amide bonds. The van der Waals surface area contributed by atoms with Crippen LogP contribution < -0.4 is 11.1 Å². The molecule has 18 heavy (non-hydrogen) atoms. The summed E-state index contributed by atoms with van der Waals surface area (Å²) in [7, 11) is 0. The number of anilines is 1. The van der Waals surface area contributed by atoms with Crippen molar-refractivity contribution in [2.45, 2.75) is 33.2 Å². The Balaban J connectivity index is 2.68. The number of nitrogens with two attached hydrogens (primary N) is 1. The predicted octanol–water partition coefficient (Wildman–Crippen LogP) is 3.80. The van der Waals surface area contributed by atoms with Crippen molar-refractivity contribution in [2.75, 3.05) is 5.32 Å². The Morgan fingerprint density at radius 1 is 1.50 bits per heavy atom. The van der Waals surface area contributed by atoms with Gasteiger partial charge in [-0.3, -0.25) is 4.79 Å². The van der Waals surface area contributed by atoms with Crippen molar-refractivity contribution in [3.63, 3.8) is 0 Å². The maximum absolute atomic E-state index is 11.9. The van der Waals surface area contributed by atoms with Crippen LogP contribution in [0.4, 0.5) is 5.69 Å². The van der Waals surface area contributed by atoms with E-state index in [9.17, 15) is 4.79 Å². The summed E-state index contributed by atoms with van der Waals surface area (Å²) in [4.78, 5) is 11.9. The first-order valence-electron chi connectivity index (χ1n) is 5.70. The molecule has 3 nitrogen and oxygen atoms in total. The van der Waals surface area contributed by atoms with Crippen LogP contribution in [0.2, 0.25) is 5.02 Å². The van der Waals surface area contributed by atoms with E-state index in [1.165, 1.54) is 0 Å². The van der Waals surface area contributed by atoms with Gasteiger partial charge >= 0.3 is 0 Å². The Morgan fingerprint density at radius 3 is 2.67 bits per heavy atom. The molecule has 5 heteroatoms. The first kappa shape index (κ1) is 15.5. The van der Waals surface area contributed by atoms with Crippen LogP contribution in [0.1, 0.15) is 27.2 Å². The molecule has 0 aliphatic rings. The summed E-state index contributed by atoms with van der Waals surface area (Å²) in [6.45, 7) is 6.03. The minimum absolute atomic E-state index is 0.0988. The zero-order valence-electron chi connectivity index (χ0n) is 10.8. The third-order valence-electron chi connectivity index (χ3n) is 2.72. The van der Waals surface area contributed by atoms with Crippen molar-refractivity contribution in [3.8, 4) is 0 Å². The lowest BCUT2D eigenvalue weighted by atomic mass is 9.85. The lowest BCUT2D eigenvalue weighted by molar-refractivity contribution is -0.117. The first-order valence-corrected chi connectivity index (χ1v) is 6.87. The minimum atomic E-state index is -0.191.